The summed E-state index contributed by atoms with van der Waals surface area (Å²) in [5.74, 6) is 0. The van der Waals surface area contributed by atoms with E-state index in [1.165, 1.54) is 0 Å². The zero-order valence-electron chi connectivity index (χ0n) is 8.48. The van der Waals surface area contributed by atoms with Gasteiger partial charge in [0.25, 0.3) is 0 Å². The molecule has 0 aliphatic carbocycles. The van der Waals surface area contributed by atoms with Crippen LogP contribution in [0.1, 0.15) is 12.6 Å². The van der Waals surface area contributed by atoms with Gasteiger partial charge in [-0.15, -0.1) is 0 Å². The molecule has 0 saturated carbocycles. The Labute approximate surface area is 84.4 Å². The lowest BCUT2D eigenvalue weighted by molar-refractivity contribution is 0.197. The smallest absolute Gasteiger partial charge is 0.115 e. The molecule has 2 rings (SSSR count). The van der Waals surface area contributed by atoms with Crippen LogP contribution in [0, 0.1) is 0 Å². The molecule has 0 spiro atoms. The predicted molar refractivity (Wildman–Crippen MR) is 54.8 cm³/mol. The van der Waals surface area contributed by atoms with Gasteiger partial charge >= 0.3 is 0 Å². The molecule has 1 N–H and O–H groups in total. The van der Waals surface area contributed by atoms with Crippen LogP contribution in [0.3, 0.4) is 0 Å². The zero-order chi connectivity index (χ0) is 9.80. The van der Waals surface area contributed by atoms with E-state index in [9.17, 15) is 0 Å². The number of nitrogens with zero attached hydrogens (tertiary/aromatic N) is 3. The molecule has 14 heavy (non-hydrogen) atoms. The lowest BCUT2D eigenvalue weighted by atomic mass is 10.2. The second-order valence-electron chi connectivity index (χ2n) is 3.79. The quantitative estimate of drug-likeness (QED) is 0.730. The minimum absolute atomic E-state index is 0.589. The molecular weight excluding hydrogens is 176 g/mol. The van der Waals surface area contributed by atoms with Crippen molar-refractivity contribution in [3.8, 4) is 0 Å². The van der Waals surface area contributed by atoms with Gasteiger partial charge in [-0.25, -0.2) is 9.97 Å². The van der Waals surface area contributed by atoms with Gasteiger partial charge in [-0.05, 0) is 13.0 Å². The standard InChI is InChI=1S/C10H16N4/c1-9-6-14(5-4-12-9)7-10-2-3-11-8-13-10/h2-3,8-9,12H,4-7H2,1H3. The predicted octanol–water partition coefficient (Wildman–Crippen LogP) is 0.270. The molecule has 1 atom stereocenters. The molecule has 4 nitrogen and oxygen atoms in total. The number of hydrogen-bond donors (Lipinski definition) is 1. The number of piperazine rings is 1. The molecule has 0 aromatic carbocycles. The van der Waals surface area contributed by atoms with E-state index in [2.05, 4.69) is 27.1 Å². The normalized spacial score (nSPS) is 23.6. The van der Waals surface area contributed by atoms with Crippen molar-refractivity contribution < 1.29 is 0 Å². The Hall–Kier alpha value is -1.00. The van der Waals surface area contributed by atoms with E-state index in [1.54, 1.807) is 12.5 Å². The van der Waals surface area contributed by atoms with Gasteiger partial charge in [0.15, 0.2) is 0 Å². The van der Waals surface area contributed by atoms with Crippen molar-refractivity contribution in [3.63, 3.8) is 0 Å². The Balaban J connectivity index is 1.91. The summed E-state index contributed by atoms with van der Waals surface area (Å²) in [7, 11) is 0. The first-order valence-electron chi connectivity index (χ1n) is 5.05. The van der Waals surface area contributed by atoms with Gasteiger partial charge in [0.2, 0.25) is 0 Å². The number of nitrogens with one attached hydrogen (secondary N) is 1. The Bertz CT molecular complexity index is 275. The molecule has 1 aromatic rings. The second kappa shape index (κ2) is 4.48. The van der Waals surface area contributed by atoms with Crippen LogP contribution in [0.2, 0.25) is 0 Å². The Morgan fingerprint density at radius 1 is 1.64 bits per heavy atom. The van der Waals surface area contributed by atoms with E-state index in [1.807, 2.05) is 6.07 Å². The summed E-state index contributed by atoms with van der Waals surface area (Å²) in [6, 6.07) is 2.57. The SMILES string of the molecule is CC1CN(Cc2ccncn2)CCN1. The summed E-state index contributed by atoms with van der Waals surface area (Å²) in [5, 5.41) is 3.42. The maximum atomic E-state index is 4.22. The molecule has 1 fully saturated rings. The van der Waals surface area contributed by atoms with E-state index in [0.717, 1.165) is 31.9 Å². The number of hydrogen-bond acceptors (Lipinski definition) is 4. The van der Waals surface area contributed by atoms with Crippen LogP contribution in [-0.4, -0.2) is 40.5 Å². The van der Waals surface area contributed by atoms with Crippen molar-refractivity contribution in [1.82, 2.24) is 20.2 Å². The molecule has 76 valence electrons. The van der Waals surface area contributed by atoms with Gasteiger partial charge < -0.3 is 5.32 Å². The van der Waals surface area contributed by atoms with E-state index in [-0.39, 0.29) is 0 Å². The molecular formula is C10H16N4. The highest BCUT2D eigenvalue weighted by Gasteiger charge is 2.15. The lowest BCUT2D eigenvalue weighted by Gasteiger charge is -2.31. The second-order valence-corrected chi connectivity index (χ2v) is 3.79. The Morgan fingerprint density at radius 3 is 3.29 bits per heavy atom. The minimum Gasteiger partial charge on any atom is -0.312 e. The van der Waals surface area contributed by atoms with Crippen LogP contribution in [0.25, 0.3) is 0 Å². The third-order valence-corrected chi connectivity index (χ3v) is 2.48. The van der Waals surface area contributed by atoms with Gasteiger partial charge in [0.05, 0.1) is 5.69 Å². The maximum absolute atomic E-state index is 4.22. The van der Waals surface area contributed by atoms with Crippen LogP contribution >= 0.6 is 0 Å². The third-order valence-electron chi connectivity index (χ3n) is 2.48. The van der Waals surface area contributed by atoms with Crippen molar-refractivity contribution in [1.29, 1.82) is 0 Å². The number of aromatic nitrogens is 2. The summed E-state index contributed by atoms with van der Waals surface area (Å²) in [5.41, 5.74) is 1.11. The van der Waals surface area contributed by atoms with Crippen molar-refractivity contribution in [2.45, 2.75) is 19.5 Å². The monoisotopic (exact) mass is 192 g/mol. The van der Waals surface area contributed by atoms with E-state index >= 15 is 0 Å². The summed E-state index contributed by atoms with van der Waals surface area (Å²) in [6.07, 6.45) is 3.41. The molecule has 0 radical (unpaired) electrons. The van der Waals surface area contributed by atoms with Gasteiger partial charge in [-0.1, -0.05) is 0 Å². The minimum atomic E-state index is 0.589. The van der Waals surface area contributed by atoms with Crippen molar-refractivity contribution in [2.24, 2.45) is 0 Å². The molecule has 1 unspecified atom stereocenters. The largest absolute Gasteiger partial charge is 0.312 e. The highest BCUT2D eigenvalue weighted by atomic mass is 15.2. The molecule has 2 heterocycles. The van der Waals surface area contributed by atoms with Gasteiger partial charge in [0.1, 0.15) is 6.33 Å². The fourth-order valence-corrected chi connectivity index (χ4v) is 1.80. The fourth-order valence-electron chi connectivity index (χ4n) is 1.80. The van der Waals surface area contributed by atoms with E-state index in [0.29, 0.717) is 6.04 Å². The molecule has 0 amide bonds. The molecule has 1 aliphatic heterocycles. The first-order valence-corrected chi connectivity index (χ1v) is 5.05. The molecule has 0 bridgehead atoms. The molecule has 1 saturated heterocycles. The Morgan fingerprint density at radius 2 is 2.57 bits per heavy atom. The van der Waals surface area contributed by atoms with Gasteiger partial charge in [0, 0.05) is 38.4 Å². The first-order chi connectivity index (χ1) is 6.84. The summed E-state index contributed by atoms with van der Waals surface area (Å²) in [4.78, 5) is 10.6. The van der Waals surface area contributed by atoms with Crippen LogP contribution < -0.4 is 5.32 Å². The highest BCUT2D eigenvalue weighted by molar-refractivity contribution is 4.98. The Kier molecular flexibility index (Phi) is 3.06. The molecule has 1 aliphatic rings. The first kappa shape index (κ1) is 9.55. The van der Waals surface area contributed by atoms with Gasteiger partial charge in [-0.2, -0.15) is 0 Å². The zero-order valence-corrected chi connectivity index (χ0v) is 8.48. The summed E-state index contributed by atoms with van der Waals surface area (Å²) < 4.78 is 0. The average Bonchev–Trinajstić information content (AvgIpc) is 2.19. The van der Waals surface area contributed by atoms with E-state index < -0.39 is 0 Å². The summed E-state index contributed by atoms with van der Waals surface area (Å²) >= 11 is 0. The van der Waals surface area contributed by atoms with Crippen molar-refractivity contribution >= 4 is 0 Å². The van der Waals surface area contributed by atoms with Gasteiger partial charge in [-0.3, -0.25) is 4.90 Å². The third kappa shape index (κ3) is 2.49. The maximum Gasteiger partial charge on any atom is 0.115 e. The topological polar surface area (TPSA) is 41.1 Å². The van der Waals surface area contributed by atoms with Crippen LogP contribution in [0.5, 0.6) is 0 Å². The van der Waals surface area contributed by atoms with Crippen LogP contribution in [0.15, 0.2) is 18.6 Å². The summed E-state index contributed by atoms with van der Waals surface area (Å²) in [6.45, 7) is 6.44. The van der Waals surface area contributed by atoms with Crippen molar-refractivity contribution in [3.05, 3.63) is 24.3 Å². The number of rotatable bonds is 2. The highest BCUT2D eigenvalue weighted by Crippen LogP contribution is 2.03. The van der Waals surface area contributed by atoms with Crippen molar-refractivity contribution in [2.75, 3.05) is 19.6 Å². The average molecular weight is 192 g/mol. The lowest BCUT2D eigenvalue weighted by Crippen LogP contribution is -2.48. The van der Waals surface area contributed by atoms with E-state index in [4.69, 9.17) is 0 Å². The van der Waals surface area contributed by atoms with Crippen LogP contribution in [0.4, 0.5) is 0 Å². The molecule has 1 aromatic heterocycles. The fraction of sp³-hybridized carbons (Fsp3) is 0.600. The van der Waals surface area contributed by atoms with Crippen LogP contribution in [-0.2, 0) is 6.54 Å². The molecule has 4 heteroatoms.